The first-order valence-corrected chi connectivity index (χ1v) is 9.15. The van der Waals surface area contributed by atoms with E-state index in [1.807, 2.05) is 17.8 Å². The Labute approximate surface area is 139 Å². The van der Waals surface area contributed by atoms with E-state index in [1.54, 1.807) is 24.3 Å². The van der Waals surface area contributed by atoms with E-state index in [1.165, 1.54) is 6.42 Å². The van der Waals surface area contributed by atoms with Crippen molar-refractivity contribution in [1.82, 2.24) is 15.5 Å². The Morgan fingerprint density at radius 2 is 2.13 bits per heavy atom. The number of nitrogens with one attached hydrogen (secondary N) is 2. The third kappa shape index (κ3) is 3.52. The van der Waals surface area contributed by atoms with Crippen molar-refractivity contribution in [2.24, 2.45) is 0 Å². The molecule has 2 aromatic rings. The molecule has 1 aliphatic carbocycles. The molecule has 1 fully saturated rings. The number of benzene rings is 1. The second-order valence-electron chi connectivity index (χ2n) is 5.82. The van der Waals surface area contributed by atoms with Crippen molar-refractivity contribution in [2.45, 2.75) is 37.0 Å². The zero-order valence-electron chi connectivity index (χ0n) is 13.1. The highest BCUT2D eigenvalue weighted by molar-refractivity contribution is 7.99. The number of thioether (sulfide) groups is 1. The maximum Gasteiger partial charge on any atom is 0.269 e. The smallest absolute Gasteiger partial charge is 0.269 e. The Hall–Kier alpha value is -1.95. The lowest BCUT2D eigenvalue weighted by Crippen LogP contribution is -2.43. The SMILES string of the molecule is CS[C@@H]1CCCC[C@H]1NC(=O)c1cc(-c2ccccc2O)n[nH]1. The van der Waals surface area contributed by atoms with Gasteiger partial charge in [0.1, 0.15) is 11.4 Å². The number of aromatic nitrogens is 2. The Balaban J connectivity index is 1.72. The van der Waals surface area contributed by atoms with Gasteiger partial charge >= 0.3 is 0 Å². The molecular formula is C17H21N3O2S. The minimum atomic E-state index is -0.134. The van der Waals surface area contributed by atoms with E-state index in [4.69, 9.17) is 0 Å². The van der Waals surface area contributed by atoms with E-state index in [-0.39, 0.29) is 17.7 Å². The number of aromatic hydroxyl groups is 1. The fourth-order valence-electron chi connectivity index (χ4n) is 3.06. The molecule has 23 heavy (non-hydrogen) atoms. The highest BCUT2D eigenvalue weighted by Crippen LogP contribution is 2.29. The lowest BCUT2D eigenvalue weighted by Gasteiger charge is -2.30. The topological polar surface area (TPSA) is 78.0 Å². The Morgan fingerprint density at radius 3 is 2.91 bits per heavy atom. The van der Waals surface area contributed by atoms with Crippen LogP contribution in [0.15, 0.2) is 30.3 Å². The number of nitrogens with zero attached hydrogens (tertiary/aromatic N) is 1. The van der Waals surface area contributed by atoms with Gasteiger partial charge in [0.05, 0.1) is 5.69 Å². The van der Waals surface area contributed by atoms with Crippen molar-refractivity contribution in [3.63, 3.8) is 0 Å². The number of amides is 1. The fourth-order valence-corrected chi connectivity index (χ4v) is 3.99. The van der Waals surface area contributed by atoms with E-state index in [0.29, 0.717) is 22.2 Å². The number of aromatic amines is 1. The van der Waals surface area contributed by atoms with Crippen LogP contribution in [-0.4, -0.2) is 38.8 Å². The van der Waals surface area contributed by atoms with E-state index in [0.717, 1.165) is 19.3 Å². The van der Waals surface area contributed by atoms with Crippen molar-refractivity contribution in [1.29, 1.82) is 0 Å². The molecule has 2 atom stereocenters. The van der Waals surface area contributed by atoms with Crippen LogP contribution in [0.3, 0.4) is 0 Å². The number of phenols is 1. The van der Waals surface area contributed by atoms with Crippen molar-refractivity contribution >= 4 is 17.7 Å². The molecule has 1 amide bonds. The van der Waals surface area contributed by atoms with Gasteiger partial charge in [0, 0.05) is 16.9 Å². The third-order valence-electron chi connectivity index (χ3n) is 4.32. The highest BCUT2D eigenvalue weighted by atomic mass is 32.2. The summed E-state index contributed by atoms with van der Waals surface area (Å²) < 4.78 is 0. The van der Waals surface area contributed by atoms with E-state index >= 15 is 0 Å². The Bertz CT molecular complexity index is 686. The molecule has 6 heteroatoms. The van der Waals surface area contributed by atoms with Crippen LogP contribution in [0.1, 0.15) is 36.2 Å². The molecule has 1 aromatic carbocycles. The van der Waals surface area contributed by atoms with Crippen LogP contribution in [0, 0.1) is 0 Å². The fraction of sp³-hybridized carbons (Fsp3) is 0.412. The second-order valence-corrected chi connectivity index (χ2v) is 6.90. The molecule has 0 unspecified atom stereocenters. The number of phenolic OH excluding ortho intramolecular Hbond substituents is 1. The number of rotatable bonds is 4. The molecule has 3 rings (SSSR count). The largest absolute Gasteiger partial charge is 0.507 e. The quantitative estimate of drug-likeness (QED) is 0.804. The van der Waals surface area contributed by atoms with Crippen molar-refractivity contribution in [3.8, 4) is 17.0 Å². The van der Waals surface area contributed by atoms with Gasteiger partial charge in [-0.05, 0) is 37.3 Å². The normalized spacial score (nSPS) is 21.1. The molecule has 122 valence electrons. The summed E-state index contributed by atoms with van der Waals surface area (Å²) in [4.78, 5) is 12.4. The van der Waals surface area contributed by atoms with Gasteiger partial charge in [0.15, 0.2) is 0 Å². The van der Waals surface area contributed by atoms with Crippen LogP contribution >= 0.6 is 11.8 Å². The molecule has 0 radical (unpaired) electrons. The summed E-state index contributed by atoms with van der Waals surface area (Å²) >= 11 is 1.82. The first-order valence-electron chi connectivity index (χ1n) is 7.86. The zero-order chi connectivity index (χ0) is 16.2. The van der Waals surface area contributed by atoms with E-state index in [2.05, 4.69) is 21.8 Å². The summed E-state index contributed by atoms with van der Waals surface area (Å²) in [5.74, 6) is 0.0193. The average Bonchev–Trinajstić information content (AvgIpc) is 3.05. The van der Waals surface area contributed by atoms with Gasteiger partial charge in [-0.1, -0.05) is 25.0 Å². The molecule has 1 aliphatic rings. The number of carbonyl (C=O) groups is 1. The molecule has 0 bridgehead atoms. The first kappa shape index (κ1) is 15.9. The summed E-state index contributed by atoms with van der Waals surface area (Å²) in [6.45, 7) is 0. The van der Waals surface area contributed by atoms with E-state index in [9.17, 15) is 9.90 Å². The van der Waals surface area contributed by atoms with Gasteiger partial charge < -0.3 is 10.4 Å². The van der Waals surface area contributed by atoms with Crippen LogP contribution < -0.4 is 5.32 Å². The van der Waals surface area contributed by atoms with Crippen molar-refractivity contribution < 1.29 is 9.90 Å². The highest BCUT2D eigenvalue weighted by Gasteiger charge is 2.26. The van der Waals surface area contributed by atoms with Gasteiger partial charge in [-0.3, -0.25) is 9.89 Å². The van der Waals surface area contributed by atoms with Gasteiger partial charge in [0.2, 0.25) is 0 Å². The standard InChI is InChI=1S/C17H21N3O2S/c1-23-16-9-5-3-7-12(16)18-17(22)14-10-13(19-20-14)11-6-2-4-8-15(11)21/h2,4,6,8,10,12,16,21H,3,5,7,9H2,1H3,(H,18,22)(H,19,20)/t12-,16-/m1/s1. The number of hydrogen-bond donors (Lipinski definition) is 3. The van der Waals surface area contributed by atoms with E-state index < -0.39 is 0 Å². The molecular weight excluding hydrogens is 310 g/mol. The molecule has 0 spiro atoms. The van der Waals surface area contributed by atoms with Crippen molar-refractivity contribution in [3.05, 3.63) is 36.0 Å². The molecule has 5 nitrogen and oxygen atoms in total. The van der Waals surface area contributed by atoms with Crippen LogP contribution in [0.25, 0.3) is 11.3 Å². The van der Waals surface area contributed by atoms with Gasteiger partial charge in [-0.25, -0.2) is 0 Å². The van der Waals surface area contributed by atoms with Crippen LogP contribution in [0.4, 0.5) is 0 Å². The van der Waals surface area contributed by atoms with Crippen LogP contribution in [0.2, 0.25) is 0 Å². The van der Waals surface area contributed by atoms with Gasteiger partial charge in [0.25, 0.3) is 5.91 Å². The van der Waals surface area contributed by atoms with Crippen LogP contribution in [0.5, 0.6) is 5.75 Å². The molecule has 1 saturated carbocycles. The number of hydrogen-bond acceptors (Lipinski definition) is 4. The second kappa shape index (κ2) is 7.08. The number of para-hydroxylation sites is 1. The summed E-state index contributed by atoms with van der Waals surface area (Å²) in [5.41, 5.74) is 1.61. The Morgan fingerprint density at radius 1 is 1.35 bits per heavy atom. The number of H-pyrrole nitrogens is 1. The Kier molecular flexibility index (Phi) is 4.91. The zero-order valence-corrected chi connectivity index (χ0v) is 13.9. The molecule has 0 saturated heterocycles. The molecule has 1 aromatic heterocycles. The lowest BCUT2D eigenvalue weighted by atomic mass is 9.95. The predicted octanol–water partition coefficient (Wildman–Crippen LogP) is 3.19. The summed E-state index contributed by atoms with van der Waals surface area (Å²) in [6.07, 6.45) is 6.67. The monoisotopic (exact) mass is 331 g/mol. The summed E-state index contributed by atoms with van der Waals surface area (Å²) in [7, 11) is 0. The predicted molar refractivity (Wildman–Crippen MR) is 92.7 cm³/mol. The third-order valence-corrected chi connectivity index (χ3v) is 5.49. The summed E-state index contributed by atoms with van der Waals surface area (Å²) in [5, 5.41) is 20.4. The lowest BCUT2D eigenvalue weighted by molar-refractivity contribution is 0.0924. The van der Waals surface area contributed by atoms with Gasteiger partial charge in [-0.2, -0.15) is 16.9 Å². The minimum Gasteiger partial charge on any atom is -0.507 e. The molecule has 3 N–H and O–H groups in total. The summed E-state index contributed by atoms with van der Waals surface area (Å²) in [6, 6.07) is 8.86. The maximum atomic E-state index is 12.4. The van der Waals surface area contributed by atoms with Crippen molar-refractivity contribution in [2.75, 3.05) is 6.26 Å². The van der Waals surface area contributed by atoms with Crippen LogP contribution in [-0.2, 0) is 0 Å². The average molecular weight is 331 g/mol. The van der Waals surface area contributed by atoms with Gasteiger partial charge in [-0.15, -0.1) is 0 Å². The maximum absolute atomic E-state index is 12.4. The molecule has 0 aliphatic heterocycles. The minimum absolute atomic E-state index is 0.134. The first-order chi connectivity index (χ1) is 11.2. The number of carbonyl (C=O) groups excluding carboxylic acids is 1. The molecule has 1 heterocycles.